The van der Waals surface area contributed by atoms with Gasteiger partial charge in [-0.2, -0.15) is 0 Å². The highest BCUT2D eigenvalue weighted by Crippen LogP contribution is 2.29. The molecule has 2 heterocycles. The van der Waals surface area contributed by atoms with Crippen LogP contribution in [0.2, 0.25) is 0 Å². The van der Waals surface area contributed by atoms with Crippen LogP contribution in [-0.2, 0) is 0 Å². The molecule has 1 saturated carbocycles. The van der Waals surface area contributed by atoms with Crippen molar-refractivity contribution in [1.82, 2.24) is 10.2 Å². The largest absolute Gasteiger partial charge is 0.311 e. The molecule has 0 amide bonds. The second-order valence-corrected chi connectivity index (χ2v) is 6.69. The molecule has 17 heavy (non-hydrogen) atoms. The second-order valence-electron chi connectivity index (χ2n) is 6.69. The quantitative estimate of drug-likeness (QED) is 0.793. The van der Waals surface area contributed by atoms with E-state index in [1.54, 1.807) is 0 Å². The minimum atomic E-state index is 0.824. The van der Waals surface area contributed by atoms with Gasteiger partial charge in [0.1, 0.15) is 0 Å². The Hall–Kier alpha value is -0.0800. The number of nitrogens with zero attached hydrogens (tertiary/aromatic N) is 1. The van der Waals surface area contributed by atoms with Gasteiger partial charge in [0.2, 0.25) is 0 Å². The molecule has 2 heteroatoms. The summed E-state index contributed by atoms with van der Waals surface area (Å²) in [6.07, 6.45) is 11.5. The number of rotatable bonds is 2. The number of fused-ring (bicyclic) bond motifs is 1. The predicted octanol–water partition coefficient (Wildman–Crippen LogP) is 2.78. The summed E-state index contributed by atoms with van der Waals surface area (Å²) < 4.78 is 0. The van der Waals surface area contributed by atoms with Crippen molar-refractivity contribution >= 4 is 0 Å². The Kier molecular flexibility index (Phi) is 3.72. The van der Waals surface area contributed by atoms with E-state index in [9.17, 15) is 0 Å². The van der Waals surface area contributed by atoms with E-state index in [4.69, 9.17) is 0 Å². The average molecular weight is 236 g/mol. The number of hydrogen-bond acceptors (Lipinski definition) is 2. The van der Waals surface area contributed by atoms with Crippen LogP contribution in [-0.4, -0.2) is 36.1 Å². The molecular formula is C15H28N2. The lowest BCUT2D eigenvalue weighted by Gasteiger charge is -2.38. The van der Waals surface area contributed by atoms with Gasteiger partial charge in [0.15, 0.2) is 0 Å². The summed E-state index contributed by atoms with van der Waals surface area (Å²) in [5.74, 6) is 0.952. The van der Waals surface area contributed by atoms with Crippen LogP contribution < -0.4 is 5.32 Å². The monoisotopic (exact) mass is 236 g/mol. The first kappa shape index (κ1) is 12.0. The fourth-order valence-electron chi connectivity index (χ4n) is 4.29. The maximum absolute atomic E-state index is 3.97. The highest BCUT2D eigenvalue weighted by atomic mass is 15.2. The van der Waals surface area contributed by atoms with Gasteiger partial charge in [-0.1, -0.05) is 19.8 Å². The van der Waals surface area contributed by atoms with E-state index in [2.05, 4.69) is 17.1 Å². The number of piperidine rings is 1. The lowest BCUT2D eigenvalue weighted by molar-refractivity contribution is 0.151. The van der Waals surface area contributed by atoms with Crippen LogP contribution in [0.3, 0.4) is 0 Å². The van der Waals surface area contributed by atoms with Gasteiger partial charge >= 0.3 is 0 Å². The summed E-state index contributed by atoms with van der Waals surface area (Å²) in [5, 5.41) is 3.97. The zero-order valence-corrected chi connectivity index (χ0v) is 11.3. The van der Waals surface area contributed by atoms with Crippen molar-refractivity contribution in [3.63, 3.8) is 0 Å². The first-order valence-electron chi connectivity index (χ1n) is 7.81. The van der Waals surface area contributed by atoms with E-state index in [0.29, 0.717) is 0 Å². The zero-order valence-electron chi connectivity index (χ0n) is 11.3. The van der Waals surface area contributed by atoms with Crippen LogP contribution in [0.15, 0.2) is 0 Å². The molecule has 0 aromatic rings. The summed E-state index contributed by atoms with van der Waals surface area (Å²) in [6, 6.07) is 2.57. The Labute approximate surface area is 106 Å². The van der Waals surface area contributed by atoms with Crippen molar-refractivity contribution in [3.05, 3.63) is 0 Å². The number of hydrogen-bond donors (Lipinski definition) is 1. The Morgan fingerprint density at radius 3 is 2.65 bits per heavy atom. The fraction of sp³-hybridized carbons (Fsp3) is 1.00. The van der Waals surface area contributed by atoms with Crippen LogP contribution in [0.25, 0.3) is 0 Å². The third-order valence-corrected chi connectivity index (χ3v) is 5.23. The normalized spacial score (nSPS) is 43.6. The molecule has 0 aromatic carbocycles. The summed E-state index contributed by atoms with van der Waals surface area (Å²) in [4.78, 5) is 2.72. The van der Waals surface area contributed by atoms with Crippen molar-refractivity contribution in [3.8, 4) is 0 Å². The maximum Gasteiger partial charge on any atom is 0.0111 e. The molecule has 1 aliphatic carbocycles. The van der Waals surface area contributed by atoms with E-state index < -0.39 is 0 Å². The molecule has 4 unspecified atom stereocenters. The van der Waals surface area contributed by atoms with E-state index in [0.717, 1.165) is 24.0 Å². The van der Waals surface area contributed by atoms with Crippen molar-refractivity contribution in [2.45, 2.75) is 76.4 Å². The first-order valence-corrected chi connectivity index (χ1v) is 7.81. The molecule has 3 rings (SSSR count). The Morgan fingerprint density at radius 2 is 1.76 bits per heavy atom. The smallest absolute Gasteiger partial charge is 0.0111 e. The molecule has 0 spiro atoms. The van der Waals surface area contributed by atoms with Gasteiger partial charge in [0, 0.05) is 18.1 Å². The third kappa shape index (κ3) is 2.85. The number of nitrogens with one attached hydrogen (secondary N) is 1. The van der Waals surface area contributed by atoms with E-state index in [1.807, 2.05) is 0 Å². The lowest BCUT2D eigenvalue weighted by atomic mass is 9.86. The summed E-state index contributed by atoms with van der Waals surface area (Å²) >= 11 is 0. The molecule has 3 fully saturated rings. The van der Waals surface area contributed by atoms with Crippen molar-refractivity contribution in [2.24, 2.45) is 5.92 Å². The molecule has 2 aliphatic heterocycles. The van der Waals surface area contributed by atoms with Crippen molar-refractivity contribution in [2.75, 3.05) is 13.1 Å². The minimum Gasteiger partial charge on any atom is -0.311 e. The molecular weight excluding hydrogens is 208 g/mol. The standard InChI is InChI=1S/C15H28N2/c1-12-4-2-5-13(10-12)16-14-7-9-17-8-3-6-15(17)11-14/h12-16H,2-11H2,1H3. The van der Waals surface area contributed by atoms with Crippen LogP contribution in [0.1, 0.15) is 58.3 Å². The van der Waals surface area contributed by atoms with Gasteiger partial charge in [-0.05, 0) is 57.5 Å². The molecule has 2 nitrogen and oxygen atoms in total. The predicted molar refractivity (Wildman–Crippen MR) is 72.2 cm³/mol. The van der Waals surface area contributed by atoms with Crippen LogP contribution in [0, 0.1) is 5.92 Å². The maximum atomic E-state index is 3.97. The average Bonchev–Trinajstić information content (AvgIpc) is 2.76. The minimum absolute atomic E-state index is 0.824. The molecule has 98 valence electrons. The first-order chi connectivity index (χ1) is 8.31. The molecule has 3 aliphatic rings. The van der Waals surface area contributed by atoms with Gasteiger partial charge < -0.3 is 10.2 Å². The van der Waals surface area contributed by atoms with Gasteiger partial charge in [-0.15, -0.1) is 0 Å². The summed E-state index contributed by atoms with van der Waals surface area (Å²) in [5.41, 5.74) is 0. The topological polar surface area (TPSA) is 15.3 Å². The van der Waals surface area contributed by atoms with E-state index in [1.165, 1.54) is 64.5 Å². The van der Waals surface area contributed by atoms with E-state index >= 15 is 0 Å². The molecule has 0 bridgehead atoms. The highest BCUT2D eigenvalue weighted by molar-refractivity contribution is 4.91. The molecule has 4 atom stereocenters. The zero-order chi connectivity index (χ0) is 11.7. The molecule has 0 radical (unpaired) electrons. The van der Waals surface area contributed by atoms with Crippen molar-refractivity contribution in [1.29, 1.82) is 0 Å². The fourth-order valence-corrected chi connectivity index (χ4v) is 4.29. The molecule has 2 saturated heterocycles. The van der Waals surface area contributed by atoms with Gasteiger partial charge in [0.25, 0.3) is 0 Å². The Balaban J connectivity index is 1.48. The SMILES string of the molecule is CC1CCCC(NC2CCN3CCCC3C2)C1. The Bertz CT molecular complexity index is 253. The Morgan fingerprint density at radius 1 is 0.882 bits per heavy atom. The molecule has 0 aromatic heterocycles. The van der Waals surface area contributed by atoms with Gasteiger partial charge in [-0.3, -0.25) is 0 Å². The van der Waals surface area contributed by atoms with Crippen LogP contribution in [0.4, 0.5) is 0 Å². The van der Waals surface area contributed by atoms with Crippen LogP contribution in [0.5, 0.6) is 0 Å². The molecule has 1 N–H and O–H groups in total. The summed E-state index contributed by atoms with van der Waals surface area (Å²) in [7, 11) is 0. The lowest BCUT2D eigenvalue weighted by Crippen LogP contribution is -2.49. The third-order valence-electron chi connectivity index (χ3n) is 5.23. The second kappa shape index (κ2) is 5.27. The van der Waals surface area contributed by atoms with Gasteiger partial charge in [-0.25, -0.2) is 0 Å². The van der Waals surface area contributed by atoms with Crippen LogP contribution >= 0.6 is 0 Å². The highest BCUT2D eigenvalue weighted by Gasteiger charge is 2.32. The van der Waals surface area contributed by atoms with Gasteiger partial charge in [0.05, 0.1) is 0 Å². The van der Waals surface area contributed by atoms with Crippen molar-refractivity contribution < 1.29 is 0 Å². The van der Waals surface area contributed by atoms with E-state index in [-0.39, 0.29) is 0 Å². The summed E-state index contributed by atoms with van der Waals surface area (Å²) in [6.45, 7) is 5.15.